The fraction of sp³-hybridized carbons (Fsp3) is 0.812. The summed E-state index contributed by atoms with van der Waals surface area (Å²) >= 11 is 0. The third-order valence-corrected chi connectivity index (χ3v) is 13.2. The topological polar surface area (TPSA) is 78.9 Å². The molecule has 0 aromatic carbocycles. The lowest BCUT2D eigenvalue weighted by Crippen LogP contribution is -2.65. The van der Waals surface area contributed by atoms with Crippen LogP contribution in [-0.2, 0) is 14.4 Å². The summed E-state index contributed by atoms with van der Waals surface area (Å²) in [5.41, 5.74) is 4.58. The van der Waals surface area contributed by atoms with Gasteiger partial charge in [-0.05, 0) is 90.9 Å². The molecule has 2 N–H and O–H groups in total. The molecular formula is C32H50N2O4. The first-order valence-corrected chi connectivity index (χ1v) is 14.7. The summed E-state index contributed by atoms with van der Waals surface area (Å²) in [6, 6.07) is 0. The number of nitrogens with zero attached hydrogens (tertiary/aromatic N) is 1. The van der Waals surface area contributed by atoms with Crippen molar-refractivity contribution in [2.45, 2.75) is 99.8 Å². The molecule has 38 heavy (non-hydrogen) atoms. The number of nitrogens with one attached hydrogen (secondary N) is 1. The maximum absolute atomic E-state index is 14.4. The molecule has 5 aliphatic rings. The second-order valence-electron chi connectivity index (χ2n) is 15.4. The Morgan fingerprint density at radius 3 is 2.34 bits per heavy atom. The van der Waals surface area contributed by atoms with Crippen molar-refractivity contribution in [3.05, 3.63) is 23.4 Å². The van der Waals surface area contributed by atoms with Crippen molar-refractivity contribution in [3.63, 3.8) is 0 Å². The van der Waals surface area contributed by atoms with E-state index in [1.165, 1.54) is 12.6 Å². The molecule has 5 rings (SSSR count). The van der Waals surface area contributed by atoms with E-state index in [-0.39, 0.29) is 44.8 Å². The van der Waals surface area contributed by atoms with Gasteiger partial charge in [-0.3, -0.25) is 25.1 Å². The summed E-state index contributed by atoms with van der Waals surface area (Å²) in [6.07, 6.45) is 12.0. The minimum atomic E-state index is -0.611. The molecule has 3 fully saturated rings. The third kappa shape index (κ3) is 3.44. The molecule has 212 valence electrons. The Bertz CT molecular complexity index is 1110. The zero-order valence-electron chi connectivity index (χ0n) is 25.2. The number of fused-ring (bicyclic) bond motifs is 7. The van der Waals surface area contributed by atoms with Crippen LogP contribution in [0.1, 0.15) is 99.8 Å². The van der Waals surface area contributed by atoms with Gasteiger partial charge >= 0.3 is 0 Å². The maximum atomic E-state index is 14.4. The van der Waals surface area contributed by atoms with Crippen LogP contribution in [0.25, 0.3) is 0 Å². The highest BCUT2D eigenvalue weighted by Gasteiger charge is 2.69. The highest BCUT2D eigenvalue weighted by molar-refractivity contribution is 5.96. The number of hydrogen-bond acceptors (Lipinski definition) is 5. The highest BCUT2D eigenvalue weighted by Crippen LogP contribution is 2.75. The Morgan fingerprint density at radius 1 is 1.05 bits per heavy atom. The van der Waals surface area contributed by atoms with Crippen molar-refractivity contribution in [2.75, 3.05) is 14.2 Å². The van der Waals surface area contributed by atoms with E-state index in [2.05, 4.69) is 59.2 Å². The zero-order valence-corrected chi connectivity index (χ0v) is 25.2. The van der Waals surface area contributed by atoms with Gasteiger partial charge in [0, 0.05) is 29.5 Å². The lowest BCUT2D eigenvalue weighted by molar-refractivity contribution is -0.182. The van der Waals surface area contributed by atoms with Crippen LogP contribution in [0, 0.1) is 50.2 Å². The minimum absolute atomic E-state index is 0.0355. The Morgan fingerprint density at radius 2 is 1.71 bits per heavy atom. The fourth-order valence-corrected chi connectivity index (χ4v) is 10.7. The Labute approximate surface area is 229 Å². The van der Waals surface area contributed by atoms with E-state index in [0.717, 1.165) is 55.7 Å². The van der Waals surface area contributed by atoms with Crippen LogP contribution in [0.2, 0.25) is 0 Å². The molecule has 6 heteroatoms. The molecule has 0 spiro atoms. The number of ketones is 1. The van der Waals surface area contributed by atoms with Gasteiger partial charge in [-0.1, -0.05) is 60.1 Å². The van der Waals surface area contributed by atoms with E-state index < -0.39 is 5.41 Å². The lowest BCUT2D eigenvalue weighted by Gasteiger charge is -2.69. The van der Waals surface area contributed by atoms with Crippen molar-refractivity contribution in [1.82, 2.24) is 10.5 Å². The van der Waals surface area contributed by atoms with E-state index in [9.17, 15) is 14.8 Å². The van der Waals surface area contributed by atoms with Gasteiger partial charge in [0.15, 0.2) is 5.78 Å². The Hall–Kier alpha value is -1.66. The van der Waals surface area contributed by atoms with Gasteiger partial charge in [0.2, 0.25) is 0 Å². The second-order valence-corrected chi connectivity index (χ2v) is 15.4. The van der Waals surface area contributed by atoms with Gasteiger partial charge in [0.05, 0.1) is 7.11 Å². The SMILES string of the molecule is CONC1=CC[C@@]2(C)C(CC[C@]3(C)[C@@H]2C(=O)C=C2[C@@H]4C[C@@](C)(C(=O)N(C)O)CC[C@]4(C)CC[C@]23C)C1(C)C. The van der Waals surface area contributed by atoms with Crippen LogP contribution in [0.4, 0.5) is 0 Å². The molecule has 3 saturated carbocycles. The summed E-state index contributed by atoms with van der Waals surface area (Å²) in [7, 11) is 3.11. The molecule has 5 aliphatic carbocycles. The van der Waals surface area contributed by atoms with Gasteiger partial charge in [-0.25, -0.2) is 5.06 Å². The van der Waals surface area contributed by atoms with Crippen LogP contribution in [0.3, 0.4) is 0 Å². The number of allylic oxidation sites excluding steroid dienone is 4. The van der Waals surface area contributed by atoms with Gasteiger partial charge in [0.25, 0.3) is 5.91 Å². The summed E-state index contributed by atoms with van der Waals surface area (Å²) in [5.74, 6) is 0.607. The molecule has 8 atom stereocenters. The van der Waals surface area contributed by atoms with Crippen LogP contribution in [0.15, 0.2) is 23.4 Å². The monoisotopic (exact) mass is 526 g/mol. The van der Waals surface area contributed by atoms with Crippen LogP contribution in [-0.4, -0.2) is 36.1 Å². The van der Waals surface area contributed by atoms with Crippen LogP contribution in [0.5, 0.6) is 0 Å². The van der Waals surface area contributed by atoms with Gasteiger partial charge in [-0.15, -0.1) is 0 Å². The van der Waals surface area contributed by atoms with Crippen molar-refractivity contribution in [1.29, 1.82) is 0 Å². The van der Waals surface area contributed by atoms with E-state index in [0.29, 0.717) is 18.1 Å². The minimum Gasteiger partial charge on any atom is -0.295 e. The third-order valence-electron chi connectivity index (χ3n) is 13.2. The molecule has 0 saturated heterocycles. The second kappa shape index (κ2) is 8.42. The summed E-state index contributed by atoms with van der Waals surface area (Å²) in [4.78, 5) is 32.9. The number of hydrogen-bond donors (Lipinski definition) is 2. The number of rotatable bonds is 3. The molecule has 0 radical (unpaired) electrons. The molecular weight excluding hydrogens is 476 g/mol. The number of amides is 1. The predicted molar refractivity (Wildman–Crippen MR) is 148 cm³/mol. The molecule has 0 aromatic rings. The predicted octanol–water partition coefficient (Wildman–Crippen LogP) is 6.46. The first kappa shape index (κ1) is 27.9. The van der Waals surface area contributed by atoms with Crippen molar-refractivity contribution in [2.24, 2.45) is 50.2 Å². The van der Waals surface area contributed by atoms with Crippen LogP contribution < -0.4 is 5.48 Å². The Kier molecular flexibility index (Phi) is 6.18. The van der Waals surface area contributed by atoms with Crippen molar-refractivity contribution < 1.29 is 19.6 Å². The number of carbonyl (C=O) groups excluding carboxylic acids is 2. The first-order chi connectivity index (χ1) is 17.5. The van der Waals surface area contributed by atoms with Crippen molar-refractivity contribution in [3.8, 4) is 0 Å². The van der Waals surface area contributed by atoms with Crippen LogP contribution >= 0.6 is 0 Å². The largest absolute Gasteiger partial charge is 0.295 e. The van der Waals surface area contributed by atoms with E-state index in [4.69, 9.17) is 4.84 Å². The highest BCUT2D eigenvalue weighted by atomic mass is 16.6. The van der Waals surface area contributed by atoms with Gasteiger partial charge < -0.3 is 0 Å². The van der Waals surface area contributed by atoms with E-state index in [1.807, 2.05) is 6.92 Å². The summed E-state index contributed by atoms with van der Waals surface area (Å²) in [5, 5.41) is 10.8. The molecule has 1 unspecified atom stereocenters. The van der Waals surface area contributed by atoms with Crippen molar-refractivity contribution >= 4 is 11.7 Å². The van der Waals surface area contributed by atoms with Gasteiger partial charge in [0.1, 0.15) is 0 Å². The van der Waals surface area contributed by atoms with E-state index in [1.54, 1.807) is 7.11 Å². The standard InChI is InChI=1S/C32H50N2O4/c1-27(2)23-10-13-32(7)25(30(23,5)12-11-24(27)33-38-9)22(35)18-20-21-19-29(4,26(36)34(8)37)15-14-28(21,3)16-17-31(20,32)6/h11,18,21,23,25,33,37H,10,12-17,19H2,1-9H3/t21-,23?,25+,28+,29-,30-,31+,32+/m0/s1. The molecule has 6 nitrogen and oxygen atoms in total. The molecule has 0 bridgehead atoms. The number of carbonyl (C=O) groups is 2. The zero-order chi connectivity index (χ0) is 28.1. The van der Waals surface area contributed by atoms with Gasteiger partial charge in [-0.2, -0.15) is 0 Å². The molecule has 1 amide bonds. The van der Waals surface area contributed by atoms with E-state index >= 15 is 0 Å². The quantitative estimate of drug-likeness (QED) is 0.326. The average molecular weight is 527 g/mol. The normalized spacial score (nSPS) is 47.4. The average Bonchev–Trinajstić information content (AvgIpc) is 2.82. The smallest absolute Gasteiger partial charge is 0.251 e. The first-order valence-electron chi connectivity index (χ1n) is 14.7. The molecule has 0 heterocycles. The summed E-state index contributed by atoms with van der Waals surface area (Å²) in [6.45, 7) is 16.2. The fourth-order valence-electron chi connectivity index (χ4n) is 10.7. The molecule has 0 aliphatic heterocycles. The maximum Gasteiger partial charge on any atom is 0.251 e. The Balaban J connectivity index is 1.60. The number of hydroxylamine groups is 3. The molecule has 0 aromatic heterocycles. The summed E-state index contributed by atoms with van der Waals surface area (Å²) < 4.78 is 0. The lowest BCUT2D eigenvalue weighted by atomic mass is 9.34.